The summed E-state index contributed by atoms with van der Waals surface area (Å²) in [6.07, 6.45) is 0. The Morgan fingerprint density at radius 3 is 2.41 bits per heavy atom. The third-order valence-corrected chi connectivity index (χ3v) is 3.08. The van der Waals surface area contributed by atoms with Crippen molar-refractivity contribution in [2.24, 2.45) is 0 Å². The van der Waals surface area contributed by atoms with Gasteiger partial charge in [0.15, 0.2) is 0 Å². The first-order valence-electron chi connectivity index (χ1n) is 5.89. The van der Waals surface area contributed by atoms with Crippen LogP contribution in [0.15, 0.2) is 29.1 Å². The minimum atomic E-state index is -0.00282. The van der Waals surface area contributed by atoms with Gasteiger partial charge in [0.2, 0.25) is 0 Å². The predicted octanol–water partition coefficient (Wildman–Crippen LogP) is 3.04. The maximum absolute atomic E-state index is 11.8. The van der Waals surface area contributed by atoms with E-state index < -0.39 is 0 Å². The topological polar surface area (TPSA) is 37.8 Å². The van der Waals surface area contributed by atoms with Crippen LogP contribution in [0.1, 0.15) is 31.0 Å². The van der Waals surface area contributed by atoms with Crippen molar-refractivity contribution in [3.63, 3.8) is 0 Å². The van der Waals surface area contributed by atoms with Gasteiger partial charge in [-0.05, 0) is 33.3 Å². The second kappa shape index (κ2) is 4.24. The summed E-state index contributed by atoms with van der Waals surface area (Å²) in [5.74, 6) is 0. The average molecular weight is 230 g/mol. The Morgan fingerprint density at radius 2 is 1.82 bits per heavy atom. The van der Waals surface area contributed by atoms with E-state index in [0.717, 1.165) is 16.8 Å². The molecule has 17 heavy (non-hydrogen) atoms. The van der Waals surface area contributed by atoms with Crippen molar-refractivity contribution in [3.05, 3.63) is 45.7 Å². The predicted molar refractivity (Wildman–Crippen MR) is 70.3 cm³/mol. The van der Waals surface area contributed by atoms with E-state index in [1.807, 2.05) is 23.7 Å². The highest BCUT2D eigenvalue weighted by atomic mass is 16.1. The zero-order chi connectivity index (χ0) is 12.6. The molecule has 0 aliphatic rings. The van der Waals surface area contributed by atoms with Crippen LogP contribution < -0.4 is 5.56 Å². The smallest absolute Gasteiger partial charge is 0.267 e. The molecule has 0 saturated carbocycles. The molecule has 90 valence electrons. The summed E-state index contributed by atoms with van der Waals surface area (Å²) in [7, 11) is 0. The van der Waals surface area contributed by atoms with Gasteiger partial charge in [0.1, 0.15) is 0 Å². The van der Waals surface area contributed by atoms with Crippen LogP contribution in [-0.4, -0.2) is 9.78 Å². The first-order valence-corrected chi connectivity index (χ1v) is 5.89. The highest BCUT2D eigenvalue weighted by Crippen LogP contribution is 2.26. The van der Waals surface area contributed by atoms with Crippen molar-refractivity contribution in [2.45, 2.75) is 33.7 Å². The number of rotatable bonds is 2. The van der Waals surface area contributed by atoms with Crippen molar-refractivity contribution < 1.29 is 0 Å². The summed E-state index contributed by atoms with van der Waals surface area (Å²) in [6.45, 7) is 8.07. The number of hydrogen-bond donors (Lipinski definition) is 1. The van der Waals surface area contributed by atoms with Crippen molar-refractivity contribution in [1.82, 2.24) is 9.78 Å². The van der Waals surface area contributed by atoms with E-state index in [-0.39, 0.29) is 11.6 Å². The average Bonchev–Trinajstić information content (AvgIpc) is 2.57. The van der Waals surface area contributed by atoms with Crippen LogP contribution in [-0.2, 0) is 0 Å². The molecule has 0 atom stereocenters. The molecule has 0 aliphatic heterocycles. The fourth-order valence-corrected chi connectivity index (χ4v) is 2.10. The fourth-order valence-electron chi connectivity index (χ4n) is 2.10. The molecule has 0 unspecified atom stereocenters. The van der Waals surface area contributed by atoms with Crippen molar-refractivity contribution in [2.75, 3.05) is 0 Å². The van der Waals surface area contributed by atoms with Gasteiger partial charge in [0.25, 0.3) is 5.56 Å². The maximum Gasteiger partial charge on any atom is 0.267 e. The number of nitrogens with one attached hydrogen (secondary N) is 1. The van der Waals surface area contributed by atoms with Crippen LogP contribution in [0.3, 0.4) is 0 Å². The Morgan fingerprint density at radius 1 is 1.18 bits per heavy atom. The molecule has 0 saturated heterocycles. The molecule has 1 aromatic heterocycles. The van der Waals surface area contributed by atoms with E-state index in [1.54, 1.807) is 0 Å². The molecule has 1 N–H and O–H groups in total. The van der Waals surface area contributed by atoms with E-state index in [9.17, 15) is 4.79 Å². The highest BCUT2D eigenvalue weighted by molar-refractivity contribution is 5.66. The van der Waals surface area contributed by atoms with Crippen LogP contribution in [0, 0.1) is 13.8 Å². The van der Waals surface area contributed by atoms with Crippen LogP contribution in [0.2, 0.25) is 0 Å². The Labute approximate surface area is 101 Å². The van der Waals surface area contributed by atoms with Crippen LogP contribution in [0.4, 0.5) is 0 Å². The van der Waals surface area contributed by atoms with Gasteiger partial charge < -0.3 is 0 Å². The van der Waals surface area contributed by atoms with E-state index in [0.29, 0.717) is 0 Å². The minimum absolute atomic E-state index is 0.00282. The van der Waals surface area contributed by atoms with E-state index >= 15 is 0 Å². The van der Waals surface area contributed by atoms with Crippen LogP contribution in [0.5, 0.6) is 0 Å². The molecule has 0 radical (unpaired) electrons. The molecule has 0 aliphatic carbocycles. The van der Waals surface area contributed by atoms with Gasteiger partial charge in [-0.2, -0.15) is 0 Å². The van der Waals surface area contributed by atoms with Crippen LogP contribution >= 0.6 is 0 Å². The summed E-state index contributed by atoms with van der Waals surface area (Å²) < 4.78 is 1.94. The molecular weight excluding hydrogens is 212 g/mol. The largest absolute Gasteiger partial charge is 0.282 e. The second-order valence-electron chi connectivity index (χ2n) is 4.69. The molecule has 1 heterocycles. The number of benzene rings is 1. The van der Waals surface area contributed by atoms with E-state index in [2.05, 4.69) is 38.0 Å². The molecule has 0 spiro atoms. The fraction of sp³-hybridized carbons (Fsp3) is 0.357. The summed E-state index contributed by atoms with van der Waals surface area (Å²) in [4.78, 5) is 11.8. The molecule has 3 heteroatoms. The zero-order valence-electron chi connectivity index (χ0n) is 10.7. The van der Waals surface area contributed by atoms with Gasteiger partial charge in [-0.3, -0.25) is 14.6 Å². The lowest BCUT2D eigenvalue weighted by Gasteiger charge is -2.14. The van der Waals surface area contributed by atoms with E-state index in [1.165, 1.54) is 5.56 Å². The lowest BCUT2D eigenvalue weighted by Crippen LogP contribution is -2.09. The van der Waals surface area contributed by atoms with Gasteiger partial charge in [-0.25, -0.2) is 0 Å². The Balaban J connectivity index is 2.75. The number of nitrogens with zero attached hydrogens (tertiary/aromatic N) is 1. The summed E-state index contributed by atoms with van der Waals surface area (Å²) >= 11 is 0. The molecule has 2 rings (SSSR count). The molecule has 0 fully saturated rings. The SMILES string of the molecule is Cc1ccccc1-c1c(C)c(=O)[nH]n1C(C)C. The van der Waals surface area contributed by atoms with Gasteiger partial charge in [0, 0.05) is 17.2 Å². The minimum Gasteiger partial charge on any atom is -0.282 e. The van der Waals surface area contributed by atoms with Gasteiger partial charge >= 0.3 is 0 Å². The summed E-state index contributed by atoms with van der Waals surface area (Å²) in [6, 6.07) is 8.38. The first kappa shape index (κ1) is 11.7. The highest BCUT2D eigenvalue weighted by Gasteiger charge is 2.15. The third-order valence-electron chi connectivity index (χ3n) is 3.08. The van der Waals surface area contributed by atoms with Gasteiger partial charge in [0.05, 0.1) is 5.69 Å². The number of aryl methyl sites for hydroxylation is 1. The monoisotopic (exact) mass is 230 g/mol. The lowest BCUT2D eigenvalue weighted by atomic mass is 10.0. The molecule has 1 aromatic carbocycles. The normalized spacial score (nSPS) is 11.1. The lowest BCUT2D eigenvalue weighted by molar-refractivity contribution is 0.534. The number of aromatic amines is 1. The van der Waals surface area contributed by atoms with Crippen molar-refractivity contribution in [3.8, 4) is 11.3 Å². The van der Waals surface area contributed by atoms with Crippen molar-refractivity contribution in [1.29, 1.82) is 0 Å². The third kappa shape index (κ3) is 1.93. The summed E-state index contributed by atoms with van der Waals surface area (Å²) in [5.41, 5.74) is 4.09. The Kier molecular flexibility index (Phi) is 2.92. The maximum atomic E-state index is 11.8. The number of H-pyrrole nitrogens is 1. The second-order valence-corrected chi connectivity index (χ2v) is 4.69. The molecule has 2 aromatic rings. The molecule has 0 amide bonds. The first-order chi connectivity index (χ1) is 8.02. The Hall–Kier alpha value is -1.77. The van der Waals surface area contributed by atoms with Crippen molar-refractivity contribution >= 4 is 0 Å². The standard InChI is InChI=1S/C14H18N2O/c1-9(2)16-13(11(4)14(17)15-16)12-8-6-5-7-10(12)3/h5-9H,1-4H3,(H,15,17). The van der Waals surface area contributed by atoms with Crippen LogP contribution in [0.25, 0.3) is 11.3 Å². The number of aromatic nitrogens is 2. The molecule has 0 bridgehead atoms. The molecule has 3 nitrogen and oxygen atoms in total. The Bertz CT molecular complexity index is 591. The van der Waals surface area contributed by atoms with E-state index in [4.69, 9.17) is 0 Å². The van der Waals surface area contributed by atoms with Gasteiger partial charge in [-0.1, -0.05) is 24.3 Å². The number of hydrogen-bond acceptors (Lipinski definition) is 1. The molecular formula is C14H18N2O. The van der Waals surface area contributed by atoms with Gasteiger partial charge in [-0.15, -0.1) is 0 Å². The summed E-state index contributed by atoms with van der Waals surface area (Å²) in [5, 5.41) is 2.90. The quantitative estimate of drug-likeness (QED) is 0.846. The zero-order valence-corrected chi connectivity index (χ0v) is 10.7.